The smallest absolute Gasteiger partial charge is 0.308 e. The van der Waals surface area contributed by atoms with E-state index in [9.17, 15) is 19.2 Å². The Morgan fingerprint density at radius 1 is 0.259 bits per heavy atom. The molecular formula is C75H136O6. The molecule has 0 amide bonds. The lowest BCUT2D eigenvalue weighted by Crippen LogP contribution is -2.38. The molecule has 0 fully saturated rings. The van der Waals surface area contributed by atoms with Crippen LogP contribution in [0.25, 0.3) is 0 Å². The maximum absolute atomic E-state index is 14.3. The molecule has 0 aliphatic carbocycles. The number of Topliss-reactive ketones (excluding diaryl/α,β-unsaturated/α-hetero) is 2. The summed E-state index contributed by atoms with van der Waals surface area (Å²) < 4.78 is 12.1. The zero-order valence-electron chi connectivity index (χ0n) is 54.5. The van der Waals surface area contributed by atoms with Gasteiger partial charge in [-0.3, -0.25) is 19.2 Å². The molecule has 0 aromatic heterocycles. The van der Waals surface area contributed by atoms with Crippen molar-refractivity contribution in [1.82, 2.24) is 0 Å². The van der Waals surface area contributed by atoms with E-state index < -0.39 is 24.1 Å². The van der Waals surface area contributed by atoms with Gasteiger partial charge in [0.15, 0.2) is 0 Å². The van der Waals surface area contributed by atoms with E-state index in [1.165, 1.54) is 186 Å². The van der Waals surface area contributed by atoms with Crippen molar-refractivity contribution in [1.29, 1.82) is 0 Å². The molecule has 1 unspecified atom stereocenters. The van der Waals surface area contributed by atoms with Crippen molar-refractivity contribution in [2.24, 2.45) is 5.92 Å². The zero-order valence-corrected chi connectivity index (χ0v) is 54.5. The maximum atomic E-state index is 14.3. The van der Waals surface area contributed by atoms with Crippen LogP contribution in [0.2, 0.25) is 0 Å². The molecule has 0 aromatic carbocycles. The van der Waals surface area contributed by atoms with E-state index in [-0.39, 0.29) is 37.2 Å². The lowest BCUT2D eigenvalue weighted by atomic mass is 9.91. The zero-order chi connectivity index (χ0) is 58.8. The van der Waals surface area contributed by atoms with Crippen LogP contribution < -0.4 is 0 Å². The van der Waals surface area contributed by atoms with Crippen LogP contribution in [0, 0.1) is 5.92 Å². The van der Waals surface area contributed by atoms with E-state index in [2.05, 4.69) is 76.3 Å². The number of allylic oxidation sites excluding steroid dienone is 8. The van der Waals surface area contributed by atoms with Crippen molar-refractivity contribution >= 4 is 23.5 Å². The molecule has 81 heavy (non-hydrogen) atoms. The van der Waals surface area contributed by atoms with Crippen LogP contribution in [-0.4, -0.2) is 29.8 Å². The van der Waals surface area contributed by atoms with E-state index in [1.807, 2.05) is 0 Å². The third kappa shape index (κ3) is 60.2. The average molecular weight is 1130 g/mol. The Hall–Kier alpha value is -2.76. The van der Waals surface area contributed by atoms with Gasteiger partial charge in [0, 0.05) is 32.1 Å². The Morgan fingerprint density at radius 3 is 0.728 bits per heavy atom. The molecule has 1 atom stereocenters. The number of hydrogen-bond acceptors (Lipinski definition) is 6. The minimum Gasteiger partial charge on any atom is -0.424 e. The largest absolute Gasteiger partial charge is 0.424 e. The first kappa shape index (κ1) is 78.2. The van der Waals surface area contributed by atoms with Gasteiger partial charge in [0.2, 0.25) is 0 Å². The molecule has 0 bridgehead atoms. The van der Waals surface area contributed by atoms with Crippen molar-refractivity contribution in [3.63, 3.8) is 0 Å². The molecule has 0 aromatic rings. The lowest BCUT2D eigenvalue weighted by Gasteiger charge is -2.26. The topological polar surface area (TPSA) is 86.7 Å². The summed E-state index contributed by atoms with van der Waals surface area (Å²) in [7, 11) is 0. The van der Waals surface area contributed by atoms with Gasteiger partial charge < -0.3 is 9.47 Å². The highest BCUT2D eigenvalue weighted by atomic mass is 16.7. The van der Waals surface area contributed by atoms with Crippen molar-refractivity contribution in [2.45, 2.75) is 400 Å². The van der Waals surface area contributed by atoms with E-state index in [0.717, 1.165) is 128 Å². The fourth-order valence-electron chi connectivity index (χ4n) is 10.9. The van der Waals surface area contributed by atoms with Gasteiger partial charge in [0.1, 0.15) is 11.6 Å². The molecular weight excluding hydrogens is 997 g/mol. The fraction of sp³-hybridized carbons (Fsp3) is 0.840. The fourth-order valence-corrected chi connectivity index (χ4v) is 10.9. The second-order valence-corrected chi connectivity index (χ2v) is 24.5. The number of ether oxygens (including phenoxy) is 2. The molecule has 0 saturated carbocycles. The summed E-state index contributed by atoms with van der Waals surface area (Å²) in [6.07, 6.45) is 79.5. The summed E-state index contributed by atoms with van der Waals surface area (Å²) in [5, 5.41) is 0. The van der Waals surface area contributed by atoms with Gasteiger partial charge in [-0.05, 0) is 128 Å². The van der Waals surface area contributed by atoms with Gasteiger partial charge in [-0.15, -0.1) is 0 Å². The number of hydrogen-bond donors (Lipinski definition) is 0. The molecule has 0 radical (unpaired) electrons. The molecule has 6 nitrogen and oxygen atoms in total. The Kier molecular flexibility index (Phi) is 64.1. The second-order valence-electron chi connectivity index (χ2n) is 24.5. The summed E-state index contributed by atoms with van der Waals surface area (Å²) in [6.45, 7) is 9.06. The number of ketones is 2. The number of rotatable bonds is 66. The molecule has 0 spiro atoms. The Morgan fingerprint density at radius 2 is 0.469 bits per heavy atom. The van der Waals surface area contributed by atoms with E-state index in [0.29, 0.717) is 25.7 Å². The second kappa shape index (κ2) is 66.4. The maximum Gasteiger partial charge on any atom is 0.308 e. The van der Waals surface area contributed by atoms with Gasteiger partial charge in [-0.1, -0.05) is 282 Å². The third-order valence-corrected chi connectivity index (χ3v) is 16.4. The van der Waals surface area contributed by atoms with Crippen molar-refractivity contribution in [3.8, 4) is 0 Å². The van der Waals surface area contributed by atoms with E-state index in [1.54, 1.807) is 0 Å². The average Bonchev–Trinajstić information content (AvgIpc) is 3.46. The Balaban J connectivity index is 5.51. The molecule has 0 N–H and O–H groups in total. The molecule has 472 valence electrons. The standard InChI is InChI=1S/C75H136O6/c1-5-9-13-17-21-25-29-33-37-41-45-49-53-57-61-65-70(76)69-71(72(77)66-62-58-54-50-46-42-38-34-30-26-22-18-14-10-6-2)75(80-73(78)67-63-59-55-51-47-43-39-35-31-27-23-19-15-11-7-3)81-74(79)68-64-60-56-52-48-44-40-36-32-28-24-20-16-12-8-4/h33-40,71,75H,5-32,41-69H2,1-4H3/b37-33-,38-34-,39-35-,40-36-. The van der Waals surface area contributed by atoms with Crippen LogP contribution in [0.1, 0.15) is 394 Å². The predicted molar refractivity (Wildman–Crippen MR) is 352 cm³/mol. The van der Waals surface area contributed by atoms with E-state index in [4.69, 9.17) is 9.47 Å². The monoisotopic (exact) mass is 1130 g/mol. The third-order valence-electron chi connectivity index (χ3n) is 16.4. The number of esters is 2. The van der Waals surface area contributed by atoms with Gasteiger partial charge in [0.25, 0.3) is 6.29 Å². The van der Waals surface area contributed by atoms with Crippen LogP contribution in [-0.2, 0) is 28.7 Å². The molecule has 0 saturated heterocycles. The summed E-state index contributed by atoms with van der Waals surface area (Å²) in [6, 6.07) is 0. The lowest BCUT2D eigenvalue weighted by molar-refractivity contribution is -0.199. The normalized spacial score (nSPS) is 12.4. The van der Waals surface area contributed by atoms with Crippen LogP contribution in [0.5, 0.6) is 0 Å². The van der Waals surface area contributed by atoms with Crippen LogP contribution in [0.4, 0.5) is 0 Å². The highest BCUT2D eigenvalue weighted by Crippen LogP contribution is 2.25. The van der Waals surface area contributed by atoms with Crippen molar-refractivity contribution in [2.75, 3.05) is 0 Å². The minimum absolute atomic E-state index is 0.0119. The van der Waals surface area contributed by atoms with Crippen molar-refractivity contribution in [3.05, 3.63) is 48.6 Å². The molecule has 0 aliphatic rings. The Labute approximate surface area is 504 Å². The van der Waals surface area contributed by atoms with Gasteiger partial charge in [-0.25, -0.2) is 0 Å². The van der Waals surface area contributed by atoms with E-state index >= 15 is 0 Å². The number of unbranched alkanes of at least 4 members (excludes halogenated alkanes) is 44. The van der Waals surface area contributed by atoms with Gasteiger partial charge in [-0.2, -0.15) is 0 Å². The highest BCUT2D eigenvalue weighted by Gasteiger charge is 2.35. The first-order valence-electron chi connectivity index (χ1n) is 35.9. The summed E-state index contributed by atoms with van der Waals surface area (Å²) >= 11 is 0. The SMILES string of the molecule is CCCCCCCC/C=C\CCCCCCCC(=O)CC(C(=O)CCCCCCC/C=C\CCCCCCCC)C(OC(=O)CCCCCCC/C=C\CCCCCCCC)OC(=O)CCCCCCC/C=C\CCCCCCCC. The number of carbonyl (C=O) groups excluding carboxylic acids is 4. The van der Waals surface area contributed by atoms with Crippen LogP contribution >= 0.6 is 0 Å². The predicted octanol–water partition coefficient (Wildman–Crippen LogP) is 24.7. The van der Waals surface area contributed by atoms with Crippen molar-refractivity contribution < 1.29 is 28.7 Å². The molecule has 0 rings (SSSR count). The highest BCUT2D eigenvalue weighted by molar-refractivity contribution is 5.89. The molecule has 6 heteroatoms. The summed E-state index contributed by atoms with van der Waals surface area (Å²) in [5.41, 5.74) is 0. The van der Waals surface area contributed by atoms with Crippen LogP contribution in [0.3, 0.4) is 0 Å². The number of carbonyl (C=O) groups is 4. The van der Waals surface area contributed by atoms with Gasteiger partial charge >= 0.3 is 11.9 Å². The molecule has 0 aliphatic heterocycles. The minimum atomic E-state index is -1.37. The first-order chi connectivity index (χ1) is 39.9. The van der Waals surface area contributed by atoms with Gasteiger partial charge in [0.05, 0.1) is 5.92 Å². The quantitative estimate of drug-likeness (QED) is 0.0261. The molecule has 0 heterocycles. The Bertz CT molecular complexity index is 1420. The summed E-state index contributed by atoms with van der Waals surface area (Å²) in [5.74, 6) is -2.02. The summed E-state index contributed by atoms with van der Waals surface area (Å²) in [4.78, 5) is 55.3. The first-order valence-corrected chi connectivity index (χ1v) is 35.9. The van der Waals surface area contributed by atoms with Crippen LogP contribution in [0.15, 0.2) is 48.6 Å².